The van der Waals surface area contributed by atoms with Gasteiger partial charge in [-0.1, -0.05) is 39.7 Å². The molecule has 1 aliphatic heterocycles. The molecule has 0 unspecified atom stereocenters. The molecule has 168 valence electrons. The second kappa shape index (κ2) is 10.9. The van der Waals surface area contributed by atoms with E-state index in [0.717, 1.165) is 17.3 Å². The maximum absolute atomic E-state index is 12.8. The number of halogens is 2. The third kappa shape index (κ3) is 5.85. The maximum Gasteiger partial charge on any atom is 0.344 e. The molecule has 2 aromatic rings. The smallest absolute Gasteiger partial charge is 0.344 e. The number of nitrogens with zero attached hydrogens (tertiary/aromatic N) is 1. The zero-order valence-corrected chi connectivity index (χ0v) is 20.4. The van der Waals surface area contributed by atoms with Crippen LogP contribution in [-0.2, 0) is 20.9 Å². The molecule has 1 aliphatic rings. The van der Waals surface area contributed by atoms with Crippen LogP contribution < -0.4 is 9.47 Å². The Kier molecular flexibility index (Phi) is 8.22. The molecule has 2 aromatic carbocycles. The molecule has 2 amide bonds. The van der Waals surface area contributed by atoms with Gasteiger partial charge in [0, 0.05) is 9.50 Å². The molecule has 0 aliphatic carbocycles. The predicted octanol–water partition coefficient (Wildman–Crippen LogP) is 5.29. The summed E-state index contributed by atoms with van der Waals surface area (Å²) in [7, 11) is 1.46. The molecular weight excluding hydrogens is 522 g/mol. The summed E-state index contributed by atoms with van der Waals surface area (Å²) in [6, 6.07) is 10.2. The summed E-state index contributed by atoms with van der Waals surface area (Å²) in [5, 5.41) is 0.227. The number of carbonyl (C=O) groups is 3. The molecule has 1 heterocycles. The molecule has 1 saturated heterocycles. The summed E-state index contributed by atoms with van der Waals surface area (Å²) in [6.45, 7) is 1.86. The minimum Gasteiger partial charge on any atom is -0.493 e. The van der Waals surface area contributed by atoms with E-state index in [1.165, 1.54) is 12.0 Å². The number of hydrogen-bond donors (Lipinski definition) is 0. The third-order valence-corrected chi connectivity index (χ3v) is 6.19. The molecule has 0 atom stereocenters. The van der Waals surface area contributed by atoms with Gasteiger partial charge in [-0.3, -0.25) is 14.5 Å². The van der Waals surface area contributed by atoms with Crippen molar-refractivity contribution in [3.8, 4) is 11.5 Å². The van der Waals surface area contributed by atoms with Crippen molar-refractivity contribution < 1.29 is 28.6 Å². The van der Waals surface area contributed by atoms with Gasteiger partial charge < -0.3 is 14.2 Å². The van der Waals surface area contributed by atoms with E-state index in [1.807, 2.05) is 0 Å². The number of benzene rings is 2. The Morgan fingerprint density at radius 1 is 1.19 bits per heavy atom. The zero-order valence-electron chi connectivity index (χ0n) is 17.2. The van der Waals surface area contributed by atoms with Crippen molar-refractivity contribution in [2.45, 2.75) is 13.5 Å². The number of imide groups is 1. The number of carbonyl (C=O) groups excluding carboxylic acids is 3. The summed E-state index contributed by atoms with van der Waals surface area (Å²) in [5.41, 5.74) is 1.41. The molecule has 0 aromatic heterocycles. The second-order valence-corrected chi connectivity index (χ2v) is 8.80. The van der Waals surface area contributed by atoms with Crippen LogP contribution in [0.4, 0.5) is 4.79 Å². The molecular formula is C22H19BrClNO6S. The van der Waals surface area contributed by atoms with E-state index in [2.05, 4.69) is 15.9 Å². The first-order valence-corrected chi connectivity index (χ1v) is 11.5. The molecule has 32 heavy (non-hydrogen) atoms. The average Bonchev–Trinajstić information content (AvgIpc) is 3.02. The van der Waals surface area contributed by atoms with Gasteiger partial charge >= 0.3 is 5.97 Å². The standard InChI is InChI=1S/C22H19BrClNO6S/c1-3-30-20(26)12-31-18-10-16(23)14(8-17(18)29-2)9-19-21(27)25(22(28)32-19)11-13-4-6-15(24)7-5-13/h4-10H,3,11-12H2,1-2H3/b19-9+. The summed E-state index contributed by atoms with van der Waals surface area (Å²) in [6.07, 6.45) is 1.61. The lowest BCUT2D eigenvalue weighted by Gasteiger charge is -2.13. The topological polar surface area (TPSA) is 82.1 Å². The molecule has 0 saturated carbocycles. The van der Waals surface area contributed by atoms with Gasteiger partial charge in [-0.05, 0) is 60.2 Å². The number of amides is 2. The fourth-order valence-corrected chi connectivity index (χ4v) is 4.22. The highest BCUT2D eigenvalue weighted by Gasteiger charge is 2.35. The maximum atomic E-state index is 12.8. The summed E-state index contributed by atoms with van der Waals surface area (Å²) >= 11 is 10.2. The van der Waals surface area contributed by atoms with E-state index in [1.54, 1.807) is 49.4 Å². The lowest BCUT2D eigenvalue weighted by atomic mass is 10.1. The Hall–Kier alpha value is -2.49. The molecule has 0 bridgehead atoms. The van der Waals surface area contributed by atoms with Crippen molar-refractivity contribution in [1.82, 2.24) is 4.90 Å². The number of methoxy groups -OCH3 is 1. The fraction of sp³-hybridized carbons (Fsp3) is 0.227. The lowest BCUT2D eigenvalue weighted by molar-refractivity contribution is -0.145. The van der Waals surface area contributed by atoms with Crippen LogP contribution in [-0.4, -0.2) is 42.3 Å². The average molecular weight is 541 g/mol. The second-order valence-electron chi connectivity index (χ2n) is 6.51. The quantitative estimate of drug-likeness (QED) is 0.332. The van der Waals surface area contributed by atoms with Crippen LogP contribution in [0.25, 0.3) is 6.08 Å². The van der Waals surface area contributed by atoms with Crippen LogP contribution in [0.3, 0.4) is 0 Å². The van der Waals surface area contributed by atoms with Gasteiger partial charge in [0.2, 0.25) is 0 Å². The van der Waals surface area contributed by atoms with Crippen LogP contribution in [0.5, 0.6) is 11.5 Å². The number of thioether (sulfide) groups is 1. The van der Waals surface area contributed by atoms with Crippen LogP contribution in [0.15, 0.2) is 45.8 Å². The summed E-state index contributed by atoms with van der Waals surface area (Å²) < 4.78 is 16.3. The molecule has 0 N–H and O–H groups in total. The largest absolute Gasteiger partial charge is 0.493 e. The Morgan fingerprint density at radius 3 is 2.56 bits per heavy atom. The minimum atomic E-state index is -0.496. The van der Waals surface area contributed by atoms with E-state index in [0.29, 0.717) is 26.6 Å². The number of hydrogen-bond acceptors (Lipinski definition) is 7. The van der Waals surface area contributed by atoms with Crippen molar-refractivity contribution in [2.75, 3.05) is 20.3 Å². The highest BCUT2D eigenvalue weighted by Crippen LogP contribution is 2.38. The first kappa shape index (κ1) is 24.2. The third-order valence-electron chi connectivity index (χ3n) is 4.35. The summed E-state index contributed by atoms with van der Waals surface area (Å²) in [4.78, 5) is 38.3. The van der Waals surface area contributed by atoms with E-state index < -0.39 is 5.97 Å². The van der Waals surface area contributed by atoms with E-state index in [-0.39, 0.29) is 35.8 Å². The van der Waals surface area contributed by atoms with E-state index in [9.17, 15) is 14.4 Å². The first-order valence-electron chi connectivity index (χ1n) is 9.48. The van der Waals surface area contributed by atoms with Gasteiger partial charge in [0.05, 0.1) is 25.2 Å². The monoisotopic (exact) mass is 539 g/mol. The molecule has 10 heteroatoms. The fourth-order valence-electron chi connectivity index (χ4n) is 2.82. The van der Waals surface area contributed by atoms with Crippen LogP contribution in [0, 0.1) is 0 Å². The number of rotatable bonds is 8. The van der Waals surface area contributed by atoms with Crippen molar-refractivity contribution in [3.63, 3.8) is 0 Å². The van der Waals surface area contributed by atoms with Crippen molar-refractivity contribution in [1.29, 1.82) is 0 Å². The highest BCUT2D eigenvalue weighted by molar-refractivity contribution is 9.10. The van der Waals surface area contributed by atoms with Gasteiger partial charge in [-0.2, -0.15) is 0 Å². The van der Waals surface area contributed by atoms with Crippen LogP contribution in [0.1, 0.15) is 18.1 Å². The minimum absolute atomic E-state index is 0.157. The van der Waals surface area contributed by atoms with Gasteiger partial charge in [0.25, 0.3) is 11.1 Å². The van der Waals surface area contributed by atoms with Gasteiger partial charge in [0.15, 0.2) is 18.1 Å². The molecule has 3 rings (SSSR count). The van der Waals surface area contributed by atoms with Crippen LogP contribution >= 0.6 is 39.3 Å². The predicted molar refractivity (Wildman–Crippen MR) is 126 cm³/mol. The van der Waals surface area contributed by atoms with Gasteiger partial charge in [-0.15, -0.1) is 0 Å². The van der Waals surface area contributed by atoms with Gasteiger partial charge in [0.1, 0.15) is 0 Å². The molecule has 0 spiro atoms. The molecule has 7 nitrogen and oxygen atoms in total. The highest BCUT2D eigenvalue weighted by atomic mass is 79.9. The number of esters is 1. The Morgan fingerprint density at radius 2 is 1.91 bits per heavy atom. The van der Waals surface area contributed by atoms with E-state index in [4.69, 9.17) is 25.8 Å². The number of ether oxygens (including phenoxy) is 3. The SMILES string of the molecule is CCOC(=O)COc1cc(Br)c(/C=C2/SC(=O)N(Cc3ccc(Cl)cc3)C2=O)cc1OC. The van der Waals surface area contributed by atoms with Gasteiger partial charge in [-0.25, -0.2) is 4.79 Å². The summed E-state index contributed by atoms with van der Waals surface area (Å²) in [5.74, 6) is -0.183. The lowest BCUT2D eigenvalue weighted by Crippen LogP contribution is -2.27. The van der Waals surface area contributed by atoms with Crippen molar-refractivity contribution in [2.24, 2.45) is 0 Å². The Balaban J connectivity index is 1.79. The normalized spacial score (nSPS) is 14.8. The van der Waals surface area contributed by atoms with Crippen molar-refractivity contribution in [3.05, 3.63) is 61.9 Å². The van der Waals surface area contributed by atoms with Crippen LogP contribution in [0.2, 0.25) is 5.02 Å². The first-order chi connectivity index (χ1) is 15.3. The Bertz CT molecular complexity index is 1070. The Labute approximate surface area is 202 Å². The molecule has 1 fully saturated rings. The van der Waals surface area contributed by atoms with E-state index >= 15 is 0 Å². The zero-order chi connectivity index (χ0) is 23.3. The molecule has 0 radical (unpaired) electrons. The van der Waals surface area contributed by atoms with Crippen molar-refractivity contribution >= 4 is 62.5 Å².